The molecule has 3 N–H and O–H groups in total. The van der Waals surface area contributed by atoms with Crippen molar-refractivity contribution in [1.82, 2.24) is 5.32 Å². The van der Waals surface area contributed by atoms with Crippen molar-refractivity contribution >= 4 is 0 Å². The lowest BCUT2D eigenvalue weighted by Gasteiger charge is -2.39. The van der Waals surface area contributed by atoms with Crippen molar-refractivity contribution in [3.05, 3.63) is 0 Å². The Morgan fingerprint density at radius 2 is 1.69 bits per heavy atom. The van der Waals surface area contributed by atoms with Gasteiger partial charge in [0, 0.05) is 12.1 Å². The molecule has 1 saturated heterocycles. The minimum atomic E-state index is 0.416. The molecular formula is C14H28N2. The van der Waals surface area contributed by atoms with Gasteiger partial charge in [-0.1, -0.05) is 27.7 Å². The summed E-state index contributed by atoms with van der Waals surface area (Å²) in [4.78, 5) is 0. The molecule has 0 aromatic rings. The topological polar surface area (TPSA) is 38.0 Å². The highest BCUT2D eigenvalue weighted by molar-refractivity contribution is 4.98. The maximum Gasteiger partial charge on any atom is 0.0115 e. The number of piperidine rings is 1. The van der Waals surface area contributed by atoms with E-state index in [2.05, 4.69) is 33.0 Å². The molecule has 3 atom stereocenters. The lowest BCUT2D eigenvalue weighted by Crippen LogP contribution is -2.52. The molecule has 2 rings (SSSR count). The Balaban J connectivity index is 2.21. The Labute approximate surface area is 100 Å². The standard InChI is InChI=1S/C14H28N2/c1-13(2)7-10-11(15)5-6-16-12(10)8-14(3,4)9-13/h10-12,16H,5-9,15H2,1-4H3. The Bertz CT molecular complexity index is 257. The van der Waals surface area contributed by atoms with Gasteiger partial charge in [0.2, 0.25) is 0 Å². The molecule has 1 aliphatic heterocycles. The first kappa shape index (κ1) is 12.4. The molecule has 94 valence electrons. The summed E-state index contributed by atoms with van der Waals surface area (Å²) in [6.07, 6.45) is 5.04. The Kier molecular flexibility index (Phi) is 3.09. The van der Waals surface area contributed by atoms with Crippen LogP contribution in [0.1, 0.15) is 53.4 Å². The first-order valence-corrected chi connectivity index (χ1v) is 6.78. The normalized spacial score (nSPS) is 42.2. The molecule has 0 aromatic carbocycles. The third kappa shape index (κ3) is 2.60. The first-order chi connectivity index (χ1) is 7.29. The van der Waals surface area contributed by atoms with E-state index >= 15 is 0 Å². The number of rotatable bonds is 0. The molecule has 1 heterocycles. The van der Waals surface area contributed by atoms with Crippen molar-refractivity contribution < 1.29 is 0 Å². The Morgan fingerprint density at radius 3 is 2.38 bits per heavy atom. The van der Waals surface area contributed by atoms with Crippen LogP contribution in [0.3, 0.4) is 0 Å². The summed E-state index contributed by atoms with van der Waals surface area (Å²) >= 11 is 0. The van der Waals surface area contributed by atoms with E-state index in [-0.39, 0.29) is 0 Å². The van der Waals surface area contributed by atoms with E-state index in [1.807, 2.05) is 0 Å². The maximum atomic E-state index is 6.33. The second-order valence-electron chi connectivity index (χ2n) is 7.59. The van der Waals surface area contributed by atoms with E-state index in [0.29, 0.717) is 28.8 Å². The van der Waals surface area contributed by atoms with Gasteiger partial charge in [-0.15, -0.1) is 0 Å². The lowest BCUT2D eigenvalue weighted by molar-refractivity contribution is 0.180. The number of fused-ring (bicyclic) bond motifs is 1. The molecule has 0 aromatic heterocycles. The third-order valence-corrected chi connectivity index (χ3v) is 4.47. The molecule has 2 nitrogen and oxygen atoms in total. The fourth-order valence-corrected chi connectivity index (χ4v) is 4.29. The number of nitrogens with two attached hydrogens (primary N) is 1. The van der Waals surface area contributed by atoms with E-state index in [1.165, 1.54) is 19.3 Å². The van der Waals surface area contributed by atoms with Crippen molar-refractivity contribution in [3.63, 3.8) is 0 Å². The van der Waals surface area contributed by atoms with Gasteiger partial charge in [0.05, 0.1) is 0 Å². The molecule has 2 aliphatic rings. The summed E-state index contributed by atoms with van der Waals surface area (Å²) in [5.41, 5.74) is 7.22. The fraction of sp³-hybridized carbons (Fsp3) is 1.00. The smallest absolute Gasteiger partial charge is 0.0115 e. The summed E-state index contributed by atoms with van der Waals surface area (Å²) < 4.78 is 0. The summed E-state index contributed by atoms with van der Waals surface area (Å²) in [6, 6.07) is 1.07. The molecular weight excluding hydrogens is 196 g/mol. The first-order valence-electron chi connectivity index (χ1n) is 6.78. The van der Waals surface area contributed by atoms with Crippen LogP contribution in [0.4, 0.5) is 0 Å². The van der Waals surface area contributed by atoms with Crippen molar-refractivity contribution in [3.8, 4) is 0 Å². The average molecular weight is 224 g/mol. The van der Waals surface area contributed by atoms with Gasteiger partial charge in [0.1, 0.15) is 0 Å². The number of nitrogens with one attached hydrogen (secondary N) is 1. The van der Waals surface area contributed by atoms with Gasteiger partial charge >= 0.3 is 0 Å². The predicted molar refractivity (Wildman–Crippen MR) is 69.3 cm³/mol. The molecule has 1 saturated carbocycles. The van der Waals surface area contributed by atoms with Crippen LogP contribution in [0.5, 0.6) is 0 Å². The predicted octanol–water partition coefficient (Wildman–Crippen LogP) is 2.53. The highest BCUT2D eigenvalue weighted by atomic mass is 15.0. The fourth-order valence-electron chi connectivity index (χ4n) is 4.29. The zero-order valence-electron chi connectivity index (χ0n) is 11.3. The van der Waals surface area contributed by atoms with Gasteiger partial charge in [-0.05, 0) is 49.0 Å². The average Bonchev–Trinajstić information content (AvgIpc) is 2.17. The van der Waals surface area contributed by atoms with Crippen molar-refractivity contribution in [2.24, 2.45) is 22.5 Å². The quantitative estimate of drug-likeness (QED) is 0.663. The molecule has 0 amide bonds. The summed E-state index contributed by atoms with van der Waals surface area (Å²) in [6.45, 7) is 10.8. The van der Waals surface area contributed by atoms with Crippen LogP contribution in [-0.2, 0) is 0 Å². The lowest BCUT2D eigenvalue weighted by atomic mass is 9.73. The molecule has 2 fully saturated rings. The van der Waals surface area contributed by atoms with Crippen LogP contribution < -0.4 is 11.1 Å². The summed E-state index contributed by atoms with van der Waals surface area (Å²) in [7, 11) is 0. The van der Waals surface area contributed by atoms with E-state index in [0.717, 1.165) is 13.0 Å². The minimum absolute atomic E-state index is 0.416. The molecule has 3 unspecified atom stereocenters. The number of hydrogen-bond acceptors (Lipinski definition) is 2. The second kappa shape index (κ2) is 3.99. The van der Waals surface area contributed by atoms with E-state index in [9.17, 15) is 0 Å². The maximum absolute atomic E-state index is 6.33. The summed E-state index contributed by atoms with van der Waals surface area (Å²) in [5.74, 6) is 0.686. The van der Waals surface area contributed by atoms with Gasteiger partial charge in [0.25, 0.3) is 0 Å². The van der Waals surface area contributed by atoms with Crippen LogP contribution in [0.25, 0.3) is 0 Å². The van der Waals surface area contributed by atoms with Crippen molar-refractivity contribution in [2.75, 3.05) is 6.54 Å². The summed E-state index contributed by atoms with van der Waals surface area (Å²) in [5, 5.41) is 3.70. The Hall–Kier alpha value is -0.0800. The van der Waals surface area contributed by atoms with Crippen LogP contribution in [-0.4, -0.2) is 18.6 Å². The molecule has 0 radical (unpaired) electrons. The third-order valence-electron chi connectivity index (χ3n) is 4.47. The van der Waals surface area contributed by atoms with Gasteiger partial charge in [-0.2, -0.15) is 0 Å². The van der Waals surface area contributed by atoms with Gasteiger partial charge < -0.3 is 11.1 Å². The second-order valence-corrected chi connectivity index (χ2v) is 7.59. The molecule has 1 aliphatic carbocycles. The van der Waals surface area contributed by atoms with Crippen LogP contribution >= 0.6 is 0 Å². The van der Waals surface area contributed by atoms with Crippen molar-refractivity contribution in [2.45, 2.75) is 65.5 Å². The van der Waals surface area contributed by atoms with E-state index in [4.69, 9.17) is 5.73 Å². The monoisotopic (exact) mass is 224 g/mol. The Morgan fingerprint density at radius 1 is 1.06 bits per heavy atom. The van der Waals surface area contributed by atoms with E-state index in [1.54, 1.807) is 0 Å². The molecule has 0 spiro atoms. The molecule has 0 bridgehead atoms. The minimum Gasteiger partial charge on any atom is -0.327 e. The molecule has 16 heavy (non-hydrogen) atoms. The van der Waals surface area contributed by atoms with Crippen LogP contribution in [0.2, 0.25) is 0 Å². The largest absolute Gasteiger partial charge is 0.327 e. The molecule has 2 heteroatoms. The van der Waals surface area contributed by atoms with Crippen LogP contribution in [0, 0.1) is 16.7 Å². The highest BCUT2D eigenvalue weighted by Gasteiger charge is 2.43. The number of hydrogen-bond donors (Lipinski definition) is 2. The van der Waals surface area contributed by atoms with Gasteiger partial charge in [-0.25, -0.2) is 0 Å². The van der Waals surface area contributed by atoms with Crippen LogP contribution in [0.15, 0.2) is 0 Å². The van der Waals surface area contributed by atoms with Gasteiger partial charge in [0.15, 0.2) is 0 Å². The SMILES string of the molecule is CC1(C)CC2NCCC(N)C2CC(C)(C)C1. The zero-order chi connectivity index (χ0) is 12.0. The highest BCUT2D eigenvalue weighted by Crippen LogP contribution is 2.47. The van der Waals surface area contributed by atoms with Crippen molar-refractivity contribution in [1.29, 1.82) is 0 Å². The zero-order valence-corrected chi connectivity index (χ0v) is 11.3. The van der Waals surface area contributed by atoms with Gasteiger partial charge in [-0.3, -0.25) is 0 Å². The van der Waals surface area contributed by atoms with E-state index < -0.39 is 0 Å².